The van der Waals surface area contributed by atoms with E-state index < -0.39 is 0 Å². The first-order valence-electron chi connectivity index (χ1n) is 8.67. The predicted molar refractivity (Wildman–Crippen MR) is 83.9 cm³/mol. The zero-order valence-electron chi connectivity index (χ0n) is 13.4. The lowest BCUT2D eigenvalue weighted by Crippen LogP contribution is -1.93. The van der Waals surface area contributed by atoms with Gasteiger partial charge in [0.05, 0.1) is 24.9 Å². The fourth-order valence-corrected chi connectivity index (χ4v) is 2.75. The number of hydrogen-bond acceptors (Lipinski definition) is 2. The van der Waals surface area contributed by atoms with E-state index in [4.69, 9.17) is 9.47 Å². The van der Waals surface area contributed by atoms with Gasteiger partial charge in [-0.25, -0.2) is 0 Å². The van der Waals surface area contributed by atoms with Gasteiger partial charge in [-0.1, -0.05) is 64.5 Å². The van der Waals surface area contributed by atoms with Crippen LogP contribution in [-0.4, -0.2) is 24.9 Å². The van der Waals surface area contributed by atoms with Crippen molar-refractivity contribution < 1.29 is 9.47 Å². The van der Waals surface area contributed by atoms with Crippen LogP contribution >= 0.6 is 0 Å². The third-order valence-corrected chi connectivity index (χ3v) is 4.29. The highest BCUT2D eigenvalue weighted by molar-refractivity contribution is 4.95. The van der Waals surface area contributed by atoms with E-state index >= 15 is 0 Å². The monoisotopic (exact) mass is 280 g/mol. The first kappa shape index (κ1) is 16.0. The minimum atomic E-state index is 0.521. The molecule has 0 saturated carbocycles. The zero-order chi connectivity index (χ0) is 14.2. The van der Waals surface area contributed by atoms with E-state index in [1.165, 1.54) is 44.9 Å². The molecule has 2 fully saturated rings. The van der Waals surface area contributed by atoms with Crippen LogP contribution < -0.4 is 0 Å². The first-order valence-corrected chi connectivity index (χ1v) is 8.67. The number of rotatable bonds is 12. The van der Waals surface area contributed by atoms with Gasteiger partial charge < -0.3 is 9.47 Å². The van der Waals surface area contributed by atoms with E-state index in [0.717, 1.165) is 25.4 Å². The van der Waals surface area contributed by atoms with E-state index in [2.05, 4.69) is 26.0 Å². The van der Waals surface area contributed by atoms with E-state index in [1.54, 1.807) is 0 Å². The second kappa shape index (κ2) is 8.84. The molecule has 3 atom stereocenters. The van der Waals surface area contributed by atoms with Crippen LogP contribution in [0.2, 0.25) is 0 Å². The van der Waals surface area contributed by atoms with Crippen LogP contribution in [0.4, 0.5) is 0 Å². The Bertz CT molecular complexity index is 281. The molecule has 0 aromatic carbocycles. The van der Waals surface area contributed by atoms with Crippen molar-refractivity contribution >= 4 is 0 Å². The molecule has 0 bridgehead atoms. The number of hydrogen-bond donors (Lipinski definition) is 0. The molecule has 116 valence electrons. The molecule has 2 aliphatic heterocycles. The van der Waals surface area contributed by atoms with Gasteiger partial charge in [0, 0.05) is 0 Å². The van der Waals surface area contributed by atoms with Gasteiger partial charge in [-0.2, -0.15) is 0 Å². The highest BCUT2D eigenvalue weighted by atomic mass is 16.6. The number of unbranched alkanes of at least 4 members (excludes halogenated alkanes) is 4. The highest BCUT2D eigenvalue weighted by Gasteiger charge is 2.36. The molecule has 0 spiro atoms. The molecular weight excluding hydrogens is 248 g/mol. The Morgan fingerprint density at radius 3 is 2.40 bits per heavy atom. The van der Waals surface area contributed by atoms with Crippen LogP contribution in [0.1, 0.15) is 71.6 Å². The summed E-state index contributed by atoms with van der Waals surface area (Å²) in [4.78, 5) is 0. The molecule has 0 aromatic heterocycles. The largest absolute Gasteiger partial charge is 0.373 e. The van der Waals surface area contributed by atoms with Gasteiger partial charge in [-0.3, -0.25) is 0 Å². The fourth-order valence-electron chi connectivity index (χ4n) is 2.75. The molecule has 2 nitrogen and oxygen atoms in total. The smallest absolute Gasteiger partial charge is 0.0876 e. The number of ether oxygens (including phenoxy) is 2. The molecule has 0 N–H and O–H groups in total. The van der Waals surface area contributed by atoms with Crippen LogP contribution in [0.3, 0.4) is 0 Å². The molecule has 0 amide bonds. The van der Waals surface area contributed by atoms with E-state index in [0.29, 0.717) is 18.3 Å². The Kier molecular flexibility index (Phi) is 7.09. The molecule has 2 aliphatic rings. The maximum absolute atomic E-state index is 5.72. The summed E-state index contributed by atoms with van der Waals surface area (Å²) in [5.41, 5.74) is 0. The second-order valence-corrected chi connectivity index (χ2v) is 6.85. The Morgan fingerprint density at radius 2 is 1.65 bits per heavy atom. The van der Waals surface area contributed by atoms with Crippen molar-refractivity contribution in [2.45, 2.75) is 89.9 Å². The molecule has 2 heterocycles. The maximum atomic E-state index is 5.72. The lowest BCUT2D eigenvalue weighted by atomic mass is 10.0. The summed E-state index contributed by atoms with van der Waals surface area (Å²) < 4.78 is 10.9. The summed E-state index contributed by atoms with van der Waals surface area (Å²) in [6, 6.07) is 0. The van der Waals surface area contributed by atoms with Gasteiger partial charge in [0.25, 0.3) is 0 Å². The van der Waals surface area contributed by atoms with Gasteiger partial charge >= 0.3 is 0 Å². The van der Waals surface area contributed by atoms with Gasteiger partial charge in [-0.05, 0) is 25.2 Å². The molecule has 3 unspecified atom stereocenters. The molecule has 2 rings (SSSR count). The van der Waals surface area contributed by atoms with Crippen LogP contribution in [0.25, 0.3) is 0 Å². The Labute approximate surface area is 124 Å². The van der Waals surface area contributed by atoms with Gasteiger partial charge in [0.2, 0.25) is 0 Å². The Morgan fingerprint density at radius 1 is 0.950 bits per heavy atom. The Hall–Kier alpha value is -0.340. The molecular formula is C18H32O2. The third-order valence-electron chi connectivity index (χ3n) is 4.29. The highest BCUT2D eigenvalue weighted by Crippen LogP contribution is 2.30. The minimum Gasteiger partial charge on any atom is -0.373 e. The molecule has 2 saturated heterocycles. The summed E-state index contributed by atoms with van der Waals surface area (Å²) in [5.74, 6) is 0.871. The van der Waals surface area contributed by atoms with Crippen molar-refractivity contribution in [3.63, 3.8) is 0 Å². The van der Waals surface area contributed by atoms with Gasteiger partial charge in [0.15, 0.2) is 0 Å². The topological polar surface area (TPSA) is 25.1 Å². The zero-order valence-corrected chi connectivity index (χ0v) is 13.4. The summed E-state index contributed by atoms with van der Waals surface area (Å²) in [5, 5.41) is 0. The molecule has 20 heavy (non-hydrogen) atoms. The SMILES string of the molecule is CC(C)CCCCCCCC1OC1C/C=C\CC1CO1. The van der Waals surface area contributed by atoms with E-state index in [-0.39, 0.29) is 0 Å². The molecule has 0 aliphatic carbocycles. The van der Waals surface area contributed by atoms with Crippen molar-refractivity contribution in [1.29, 1.82) is 0 Å². The van der Waals surface area contributed by atoms with Crippen molar-refractivity contribution in [3.8, 4) is 0 Å². The third kappa shape index (κ3) is 7.44. The van der Waals surface area contributed by atoms with Crippen LogP contribution in [0, 0.1) is 5.92 Å². The van der Waals surface area contributed by atoms with Crippen molar-refractivity contribution in [2.75, 3.05) is 6.61 Å². The quantitative estimate of drug-likeness (QED) is 0.289. The average Bonchev–Trinajstić information content (AvgIpc) is 3.30. The second-order valence-electron chi connectivity index (χ2n) is 6.85. The van der Waals surface area contributed by atoms with Crippen LogP contribution in [0.15, 0.2) is 12.2 Å². The summed E-state index contributed by atoms with van der Waals surface area (Å²) >= 11 is 0. The van der Waals surface area contributed by atoms with Gasteiger partial charge in [0.1, 0.15) is 0 Å². The van der Waals surface area contributed by atoms with E-state index in [9.17, 15) is 0 Å². The maximum Gasteiger partial charge on any atom is 0.0876 e. The summed E-state index contributed by atoms with van der Waals surface area (Å²) in [6.45, 7) is 5.59. The van der Waals surface area contributed by atoms with Crippen molar-refractivity contribution in [1.82, 2.24) is 0 Å². The van der Waals surface area contributed by atoms with Crippen LogP contribution in [-0.2, 0) is 9.47 Å². The first-order chi connectivity index (χ1) is 9.75. The summed E-state index contributed by atoms with van der Waals surface area (Å²) in [7, 11) is 0. The lowest BCUT2D eigenvalue weighted by molar-refractivity contribution is 0.358. The van der Waals surface area contributed by atoms with Crippen molar-refractivity contribution in [3.05, 3.63) is 12.2 Å². The summed E-state index contributed by atoms with van der Waals surface area (Å²) in [6.07, 6.45) is 18.0. The standard InChI is InChI=1S/C18H32O2/c1-15(2)10-6-4-3-5-7-12-17-18(20-17)13-9-8-11-16-14-19-16/h8-9,15-18H,3-7,10-14H2,1-2H3/b9-8-. The fraction of sp³-hybridized carbons (Fsp3) is 0.889. The lowest BCUT2D eigenvalue weighted by Gasteiger charge is -2.03. The van der Waals surface area contributed by atoms with Gasteiger partial charge in [-0.15, -0.1) is 0 Å². The number of epoxide rings is 2. The molecule has 0 aromatic rings. The van der Waals surface area contributed by atoms with Crippen molar-refractivity contribution in [2.24, 2.45) is 5.92 Å². The normalized spacial score (nSPS) is 28.4. The minimum absolute atomic E-state index is 0.521. The molecule has 2 heteroatoms. The predicted octanol–water partition coefficient (Wildman–Crippen LogP) is 4.88. The average molecular weight is 280 g/mol. The molecule has 0 radical (unpaired) electrons. The van der Waals surface area contributed by atoms with Crippen LogP contribution in [0.5, 0.6) is 0 Å². The van der Waals surface area contributed by atoms with E-state index in [1.807, 2.05) is 0 Å². The Balaban J connectivity index is 1.34.